The molecule has 82 valence electrons. The van der Waals surface area contributed by atoms with E-state index in [1.54, 1.807) is 0 Å². The van der Waals surface area contributed by atoms with E-state index < -0.39 is 0 Å². The predicted molar refractivity (Wildman–Crippen MR) is 64.8 cm³/mol. The normalized spacial score (nSPS) is 27.9. The maximum Gasteiger partial charge on any atom is 0.0737 e. The first-order valence-electron chi connectivity index (χ1n) is 5.33. The van der Waals surface area contributed by atoms with Gasteiger partial charge >= 0.3 is 0 Å². The lowest BCUT2D eigenvalue weighted by molar-refractivity contribution is 0.0238. The lowest BCUT2D eigenvalue weighted by Gasteiger charge is -2.37. The first-order valence-corrected chi connectivity index (χ1v) is 6.12. The Morgan fingerprint density at radius 2 is 2.13 bits per heavy atom. The molecule has 0 spiro atoms. The minimum absolute atomic E-state index is 0.134. The maximum absolute atomic E-state index is 10.1. The van der Waals surface area contributed by atoms with Gasteiger partial charge in [-0.1, -0.05) is 34.1 Å². The molecule has 0 bridgehead atoms. The predicted octanol–water partition coefficient (Wildman–Crippen LogP) is 2.58. The molecule has 2 unspecified atom stereocenters. The van der Waals surface area contributed by atoms with E-state index in [4.69, 9.17) is 0 Å². The Morgan fingerprint density at radius 3 is 2.80 bits per heavy atom. The molecule has 2 atom stereocenters. The first kappa shape index (κ1) is 11.1. The molecule has 1 aliphatic rings. The number of nitrogens with zero attached hydrogens (tertiary/aromatic N) is 1. The fourth-order valence-electron chi connectivity index (χ4n) is 2.30. The molecule has 1 N–H and O–H groups in total. The molecule has 1 aliphatic heterocycles. The Labute approximate surface area is 99.0 Å². The maximum atomic E-state index is 10.1. The van der Waals surface area contributed by atoms with Gasteiger partial charge in [-0.05, 0) is 38.1 Å². The van der Waals surface area contributed by atoms with E-state index >= 15 is 0 Å². The largest absolute Gasteiger partial charge is 0.391 e. The van der Waals surface area contributed by atoms with Gasteiger partial charge in [0.25, 0.3) is 0 Å². The van der Waals surface area contributed by atoms with Crippen molar-refractivity contribution in [2.45, 2.75) is 25.0 Å². The van der Waals surface area contributed by atoms with Gasteiger partial charge in [0.05, 0.1) is 12.1 Å². The Morgan fingerprint density at radius 1 is 1.40 bits per heavy atom. The minimum Gasteiger partial charge on any atom is -0.391 e. The number of halogens is 1. The van der Waals surface area contributed by atoms with Crippen molar-refractivity contribution in [2.24, 2.45) is 0 Å². The topological polar surface area (TPSA) is 23.5 Å². The van der Waals surface area contributed by atoms with Gasteiger partial charge in [-0.3, -0.25) is 4.90 Å². The van der Waals surface area contributed by atoms with Crippen LogP contribution in [-0.2, 0) is 0 Å². The van der Waals surface area contributed by atoms with E-state index in [2.05, 4.69) is 33.9 Å². The van der Waals surface area contributed by atoms with Crippen molar-refractivity contribution in [3.05, 3.63) is 34.3 Å². The summed E-state index contributed by atoms with van der Waals surface area (Å²) in [6.45, 7) is 1.06. The van der Waals surface area contributed by atoms with Crippen LogP contribution in [0.5, 0.6) is 0 Å². The van der Waals surface area contributed by atoms with Crippen molar-refractivity contribution >= 4 is 15.9 Å². The van der Waals surface area contributed by atoms with Gasteiger partial charge in [0, 0.05) is 4.47 Å². The summed E-state index contributed by atoms with van der Waals surface area (Å²) in [4.78, 5) is 2.23. The van der Waals surface area contributed by atoms with Crippen LogP contribution in [0.4, 0.5) is 0 Å². The van der Waals surface area contributed by atoms with Crippen molar-refractivity contribution in [1.82, 2.24) is 4.90 Å². The smallest absolute Gasteiger partial charge is 0.0737 e. The highest BCUT2D eigenvalue weighted by molar-refractivity contribution is 9.10. The van der Waals surface area contributed by atoms with Crippen LogP contribution in [-0.4, -0.2) is 29.7 Å². The first-order chi connectivity index (χ1) is 7.20. The van der Waals surface area contributed by atoms with Crippen LogP contribution >= 0.6 is 15.9 Å². The molecule has 0 aliphatic carbocycles. The zero-order valence-electron chi connectivity index (χ0n) is 8.86. The van der Waals surface area contributed by atoms with E-state index in [0.717, 1.165) is 23.9 Å². The van der Waals surface area contributed by atoms with E-state index in [0.29, 0.717) is 0 Å². The fourth-order valence-corrected chi connectivity index (χ4v) is 2.82. The molecule has 15 heavy (non-hydrogen) atoms. The molecule has 0 radical (unpaired) electrons. The highest BCUT2D eigenvalue weighted by Gasteiger charge is 2.29. The molecule has 0 amide bonds. The SMILES string of the molecule is CN1CCCC(O)C1c1ccccc1Br. The molecule has 2 rings (SSSR count). The molecule has 0 aromatic heterocycles. The molecule has 1 aromatic rings. The summed E-state index contributed by atoms with van der Waals surface area (Å²) >= 11 is 3.55. The number of hydrogen-bond donors (Lipinski definition) is 1. The lowest BCUT2D eigenvalue weighted by atomic mass is 9.93. The Kier molecular flexibility index (Phi) is 3.44. The zero-order chi connectivity index (χ0) is 10.8. The monoisotopic (exact) mass is 269 g/mol. The van der Waals surface area contributed by atoms with E-state index in [9.17, 15) is 5.11 Å². The lowest BCUT2D eigenvalue weighted by Crippen LogP contribution is -2.39. The van der Waals surface area contributed by atoms with Crippen LogP contribution in [0.25, 0.3) is 0 Å². The summed E-state index contributed by atoms with van der Waals surface area (Å²) in [5.41, 5.74) is 1.19. The van der Waals surface area contributed by atoms with Gasteiger partial charge in [-0.15, -0.1) is 0 Å². The zero-order valence-corrected chi connectivity index (χ0v) is 10.4. The van der Waals surface area contributed by atoms with Crippen LogP contribution in [0.2, 0.25) is 0 Å². The molecule has 2 nitrogen and oxygen atoms in total. The second-order valence-corrected chi connectivity index (χ2v) is 5.01. The Hall–Kier alpha value is -0.380. The van der Waals surface area contributed by atoms with Crippen molar-refractivity contribution in [3.8, 4) is 0 Å². The number of hydrogen-bond acceptors (Lipinski definition) is 2. The Bertz CT molecular complexity index is 332. The van der Waals surface area contributed by atoms with E-state index in [1.165, 1.54) is 5.56 Å². The van der Waals surface area contributed by atoms with Gasteiger partial charge < -0.3 is 5.11 Å². The summed E-state index contributed by atoms with van der Waals surface area (Å²) in [5.74, 6) is 0. The number of rotatable bonds is 1. The minimum atomic E-state index is -0.248. The highest BCUT2D eigenvalue weighted by atomic mass is 79.9. The molecule has 1 aromatic carbocycles. The summed E-state index contributed by atoms with van der Waals surface area (Å²) < 4.78 is 1.09. The fraction of sp³-hybridized carbons (Fsp3) is 0.500. The van der Waals surface area contributed by atoms with Crippen LogP contribution in [0, 0.1) is 0 Å². The standard InChI is InChI=1S/C12H16BrNO/c1-14-8-4-7-11(15)12(14)9-5-2-3-6-10(9)13/h2-3,5-6,11-12,15H,4,7-8H2,1H3. The van der Waals surface area contributed by atoms with Crippen molar-refractivity contribution < 1.29 is 5.11 Å². The molecule has 0 saturated carbocycles. The number of aliphatic hydroxyl groups excluding tert-OH is 1. The number of likely N-dealkylation sites (N-methyl/N-ethyl adjacent to an activating group) is 1. The Balaban J connectivity index is 2.31. The van der Waals surface area contributed by atoms with Gasteiger partial charge in [0.1, 0.15) is 0 Å². The molecule has 3 heteroatoms. The third-order valence-corrected chi connectivity index (χ3v) is 3.80. The van der Waals surface area contributed by atoms with Crippen molar-refractivity contribution in [2.75, 3.05) is 13.6 Å². The van der Waals surface area contributed by atoms with Gasteiger partial charge in [-0.2, -0.15) is 0 Å². The number of piperidine rings is 1. The van der Waals surface area contributed by atoms with Gasteiger partial charge in [-0.25, -0.2) is 0 Å². The van der Waals surface area contributed by atoms with E-state index in [1.807, 2.05) is 18.2 Å². The molecule has 1 saturated heterocycles. The third-order valence-electron chi connectivity index (χ3n) is 3.07. The van der Waals surface area contributed by atoms with Crippen LogP contribution in [0.15, 0.2) is 28.7 Å². The second-order valence-electron chi connectivity index (χ2n) is 4.16. The van der Waals surface area contributed by atoms with Crippen LogP contribution in [0.3, 0.4) is 0 Å². The summed E-state index contributed by atoms with van der Waals surface area (Å²) in [6.07, 6.45) is 1.73. The number of aliphatic hydroxyl groups is 1. The summed E-state index contributed by atoms with van der Waals surface area (Å²) in [6, 6.07) is 8.27. The average Bonchev–Trinajstić information content (AvgIpc) is 2.20. The quantitative estimate of drug-likeness (QED) is 0.847. The van der Waals surface area contributed by atoms with Crippen LogP contribution < -0.4 is 0 Å². The number of benzene rings is 1. The van der Waals surface area contributed by atoms with Gasteiger partial charge in [0.2, 0.25) is 0 Å². The summed E-state index contributed by atoms with van der Waals surface area (Å²) in [5, 5.41) is 10.1. The van der Waals surface area contributed by atoms with Crippen molar-refractivity contribution in [3.63, 3.8) is 0 Å². The molecule has 1 fully saturated rings. The van der Waals surface area contributed by atoms with Crippen LogP contribution in [0.1, 0.15) is 24.4 Å². The summed E-state index contributed by atoms with van der Waals surface area (Å²) in [7, 11) is 2.08. The highest BCUT2D eigenvalue weighted by Crippen LogP contribution is 2.33. The average molecular weight is 270 g/mol. The third kappa shape index (κ3) is 2.25. The van der Waals surface area contributed by atoms with Gasteiger partial charge in [0.15, 0.2) is 0 Å². The van der Waals surface area contributed by atoms with Crippen molar-refractivity contribution in [1.29, 1.82) is 0 Å². The second kappa shape index (κ2) is 4.64. The molecular weight excluding hydrogens is 254 g/mol. The molecular formula is C12H16BrNO. The molecule has 1 heterocycles. The number of likely N-dealkylation sites (tertiary alicyclic amines) is 1. The van der Waals surface area contributed by atoms with E-state index in [-0.39, 0.29) is 12.1 Å².